The van der Waals surface area contributed by atoms with Gasteiger partial charge in [0.15, 0.2) is 0 Å². The molecule has 2 heterocycles. The van der Waals surface area contributed by atoms with E-state index in [2.05, 4.69) is 20.3 Å². The topological polar surface area (TPSA) is 164 Å². The summed E-state index contributed by atoms with van der Waals surface area (Å²) in [7, 11) is -2.29. The number of nitrogens with one attached hydrogen (secondary N) is 3. The molecule has 17 heteroatoms. The van der Waals surface area contributed by atoms with E-state index >= 15 is 0 Å². The highest BCUT2D eigenvalue weighted by molar-refractivity contribution is 7.91. The number of alkyl halides is 3. The van der Waals surface area contributed by atoms with Gasteiger partial charge in [0.05, 0.1) is 28.3 Å². The Morgan fingerprint density at radius 1 is 1.14 bits per heavy atom. The van der Waals surface area contributed by atoms with E-state index in [0.717, 1.165) is 18.6 Å². The van der Waals surface area contributed by atoms with E-state index in [0.29, 0.717) is 42.9 Å². The smallest absolute Gasteiger partial charge is 0.416 e. The summed E-state index contributed by atoms with van der Waals surface area (Å²) in [6.45, 7) is 2.15. The van der Waals surface area contributed by atoms with Gasteiger partial charge in [-0.15, -0.1) is 11.3 Å². The zero-order chi connectivity index (χ0) is 36.0. The fraction of sp³-hybridized carbons (Fsp3) is 0.545. The van der Waals surface area contributed by atoms with Gasteiger partial charge in [0, 0.05) is 36.1 Å². The molecule has 50 heavy (non-hydrogen) atoms. The average molecular weight is 738 g/mol. The number of sulfonamides is 1. The van der Waals surface area contributed by atoms with Crippen LogP contribution in [0.4, 0.5) is 23.7 Å². The summed E-state index contributed by atoms with van der Waals surface area (Å²) in [5, 5.41) is 6.63. The zero-order valence-corrected chi connectivity index (χ0v) is 29.1. The Morgan fingerprint density at radius 2 is 1.88 bits per heavy atom. The van der Waals surface area contributed by atoms with Crippen molar-refractivity contribution in [1.29, 1.82) is 0 Å². The van der Waals surface area contributed by atoms with Crippen LogP contribution in [0.25, 0.3) is 10.6 Å². The van der Waals surface area contributed by atoms with Crippen LogP contribution in [0, 0.1) is 24.7 Å². The Balaban J connectivity index is 1.22. The molecule has 4 aliphatic rings. The van der Waals surface area contributed by atoms with Crippen LogP contribution < -0.4 is 15.4 Å². The molecule has 0 saturated heterocycles. The Hall–Kier alpha value is -3.99. The third-order valence-corrected chi connectivity index (χ3v) is 12.5. The van der Waals surface area contributed by atoms with E-state index in [1.807, 2.05) is 12.2 Å². The van der Waals surface area contributed by atoms with E-state index in [-0.39, 0.29) is 36.4 Å². The summed E-state index contributed by atoms with van der Waals surface area (Å²) >= 11 is 1.19. The van der Waals surface area contributed by atoms with Crippen LogP contribution in [-0.2, 0) is 35.3 Å². The number of ether oxygens (including phenoxy) is 1. The SMILES string of the molecule is Cc1csc(-c2ccc(C(F)(F)F)cc2NC(=O)OC2CC3C(=O)NC4(C(=O)NS(=O)(=O)C5CC5)CC4/C=C/CCCCN(C)C(=O)C3C2)n1. The van der Waals surface area contributed by atoms with Crippen LogP contribution >= 0.6 is 11.3 Å². The molecule has 1 aromatic heterocycles. The van der Waals surface area contributed by atoms with Crippen molar-refractivity contribution in [2.24, 2.45) is 17.8 Å². The number of benzene rings is 1. The first-order chi connectivity index (χ1) is 23.6. The number of allylic oxidation sites excluding steroid dienone is 1. The van der Waals surface area contributed by atoms with Gasteiger partial charge < -0.3 is 15.0 Å². The van der Waals surface area contributed by atoms with Crippen molar-refractivity contribution in [3.05, 3.63) is 47.0 Å². The van der Waals surface area contributed by atoms with Gasteiger partial charge in [-0.05, 0) is 76.5 Å². The average Bonchev–Trinajstić information content (AvgIpc) is 3.93. The molecule has 1 aliphatic heterocycles. The van der Waals surface area contributed by atoms with E-state index in [1.165, 1.54) is 22.3 Å². The Morgan fingerprint density at radius 3 is 2.56 bits per heavy atom. The maximum Gasteiger partial charge on any atom is 0.416 e. The highest BCUT2D eigenvalue weighted by Gasteiger charge is 2.62. The molecule has 1 aromatic carbocycles. The number of nitrogens with zero attached hydrogens (tertiary/aromatic N) is 2. The summed E-state index contributed by atoms with van der Waals surface area (Å²) in [5.74, 6) is -4.28. The molecule has 0 spiro atoms. The molecule has 3 saturated carbocycles. The fourth-order valence-corrected chi connectivity index (χ4v) is 8.87. The molecule has 2 aromatic rings. The third-order valence-electron chi connectivity index (χ3n) is 9.70. The molecule has 4 amide bonds. The molecule has 12 nitrogen and oxygen atoms in total. The van der Waals surface area contributed by atoms with Gasteiger partial charge in [-0.1, -0.05) is 12.2 Å². The number of thiazole rings is 1. The van der Waals surface area contributed by atoms with Crippen molar-refractivity contribution in [2.45, 2.75) is 81.4 Å². The number of amides is 4. The molecule has 0 radical (unpaired) electrons. The number of halogens is 3. The van der Waals surface area contributed by atoms with Crippen molar-refractivity contribution in [1.82, 2.24) is 19.9 Å². The van der Waals surface area contributed by atoms with Crippen LogP contribution in [0.15, 0.2) is 35.7 Å². The highest BCUT2D eigenvalue weighted by atomic mass is 32.2. The highest BCUT2D eigenvalue weighted by Crippen LogP contribution is 2.47. The third kappa shape index (κ3) is 7.67. The number of carbonyl (C=O) groups is 4. The largest absolute Gasteiger partial charge is 0.446 e. The number of rotatable bonds is 6. The van der Waals surface area contributed by atoms with Crippen molar-refractivity contribution >= 4 is 50.9 Å². The molecule has 6 rings (SSSR count). The van der Waals surface area contributed by atoms with Crippen LogP contribution in [-0.4, -0.2) is 72.6 Å². The van der Waals surface area contributed by atoms with Gasteiger partial charge in [0.25, 0.3) is 5.91 Å². The lowest BCUT2D eigenvalue weighted by atomic mass is 9.93. The number of aromatic nitrogens is 1. The number of anilines is 1. The van der Waals surface area contributed by atoms with Gasteiger partial charge in [-0.25, -0.2) is 18.2 Å². The lowest BCUT2D eigenvalue weighted by Gasteiger charge is -2.26. The Labute approximate surface area is 291 Å². The van der Waals surface area contributed by atoms with Crippen LogP contribution in [0.2, 0.25) is 0 Å². The van der Waals surface area contributed by atoms with Gasteiger partial charge in [0.1, 0.15) is 16.7 Å². The minimum absolute atomic E-state index is 0.0472. The number of aryl methyl sites for hydroxylation is 1. The van der Waals surface area contributed by atoms with Crippen molar-refractivity contribution in [3.8, 4) is 10.6 Å². The maximum absolute atomic E-state index is 13.9. The van der Waals surface area contributed by atoms with Gasteiger partial charge in [-0.3, -0.25) is 24.4 Å². The molecule has 5 atom stereocenters. The van der Waals surface area contributed by atoms with Gasteiger partial charge in [-0.2, -0.15) is 13.2 Å². The van der Waals surface area contributed by atoms with E-state index in [1.54, 1.807) is 19.4 Å². The Bertz CT molecular complexity index is 1830. The molecule has 3 fully saturated rings. The molecular formula is C33H38F3N5O7S2. The first-order valence-electron chi connectivity index (χ1n) is 16.5. The number of fused-ring (bicyclic) bond motifs is 2. The normalized spacial score (nSPS) is 28.1. The minimum Gasteiger partial charge on any atom is -0.446 e. The first-order valence-corrected chi connectivity index (χ1v) is 18.9. The first kappa shape index (κ1) is 35.8. The number of hydrogen-bond acceptors (Lipinski definition) is 9. The number of carbonyl (C=O) groups excluding carboxylic acids is 4. The molecule has 3 aliphatic carbocycles. The van der Waals surface area contributed by atoms with Crippen LogP contribution in [0.5, 0.6) is 0 Å². The molecular weight excluding hydrogens is 700 g/mol. The summed E-state index contributed by atoms with van der Waals surface area (Å²) in [5.41, 5.74) is -1.79. The van der Waals surface area contributed by atoms with Crippen LogP contribution in [0.1, 0.15) is 62.6 Å². The summed E-state index contributed by atoms with van der Waals surface area (Å²) in [6.07, 6.45) is -0.0509. The molecule has 270 valence electrons. The van der Waals surface area contributed by atoms with Crippen molar-refractivity contribution in [2.75, 3.05) is 18.9 Å². The van der Waals surface area contributed by atoms with Gasteiger partial charge >= 0.3 is 12.3 Å². The minimum atomic E-state index is -4.69. The maximum atomic E-state index is 13.9. The Kier molecular flexibility index (Phi) is 9.76. The lowest BCUT2D eigenvalue weighted by Crippen LogP contribution is -2.54. The van der Waals surface area contributed by atoms with Crippen molar-refractivity contribution in [3.63, 3.8) is 0 Å². The predicted molar refractivity (Wildman–Crippen MR) is 177 cm³/mol. The second-order valence-electron chi connectivity index (χ2n) is 13.5. The molecule has 3 N–H and O–H groups in total. The quantitative estimate of drug-likeness (QED) is 0.358. The predicted octanol–water partition coefficient (Wildman–Crippen LogP) is 4.76. The fourth-order valence-electron chi connectivity index (χ4n) is 6.67. The van der Waals surface area contributed by atoms with Gasteiger partial charge in [0.2, 0.25) is 21.8 Å². The van der Waals surface area contributed by atoms with Crippen molar-refractivity contribution < 1.29 is 45.5 Å². The lowest BCUT2D eigenvalue weighted by molar-refractivity contribution is -0.140. The summed E-state index contributed by atoms with van der Waals surface area (Å²) < 4.78 is 73.9. The standard InChI is InChI=1S/C33H38F3N5O7S2/c1-18-17-49-28(37-18)23-11-8-19(33(34,35)36)13-26(23)38-31(45)48-21-14-24-25(15-21)29(43)41(2)12-6-4-3-5-7-20-16-32(20,39-27(24)42)30(44)40-50(46,47)22-9-10-22/h5,7-8,11,13,17,20-22,24-25H,3-4,6,9-10,12,14-16H2,1-2H3,(H,38,45)(H,39,42)(H,40,44)/b7-5+. The second kappa shape index (κ2) is 13.6. The zero-order valence-electron chi connectivity index (χ0n) is 27.4. The van der Waals surface area contributed by atoms with Crippen LogP contribution in [0.3, 0.4) is 0 Å². The molecule has 5 unspecified atom stereocenters. The summed E-state index contributed by atoms with van der Waals surface area (Å²) in [6, 6.07) is 2.90. The number of hydrogen-bond donors (Lipinski definition) is 3. The van der Waals surface area contributed by atoms with E-state index < -0.39 is 74.3 Å². The summed E-state index contributed by atoms with van der Waals surface area (Å²) in [4.78, 5) is 60.1. The van der Waals surface area contributed by atoms with E-state index in [9.17, 15) is 40.8 Å². The second-order valence-corrected chi connectivity index (χ2v) is 16.3. The van der Waals surface area contributed by atoms with E-state index in [4.69, 9.17) is 4.74 Å². The molecule has 0 bridgehead atoms. The monoisotopic (exact) mass is 737 g/mol.